The molecule has 3 rings (SSSR count). The van der Waals surface area contributed by atoms with Gasteiger partial charge in [0.15, 0.2) is 16.3 Å². The molecule has 0 saturated heterocycles. The van der Waals surface area contributed by atoms with E-state index in [0.717, 1.165) is 9.58 Å². The number of aromatic nitrogens is 1. The summed E-state index contributed by atoms with van der Waals surface area (Å²) in [6, 6.07) is 7.34. The summed E-state index contributed by atoms with van der Waals surface area (Å²) in [5, 5.41) is 1.91. The van der Waals surface area contributed by atoms with E-state index in [0.29, 0.717) is 21.8 Å². The largest absolute Gasteiger partial charge is 0.493 e. The van der Waals surface area contributed by atoms with Crippen LogP contribution in [-0.2, 0) is 27.3 Å². The highest BCUT2D eigenvalue weighted by Crippen LogP contribution is 2.33. The zero-order valence-electron chi connectivity index (χ0n) is 15.1. The molecule has 2 heterocycles. The predicted molar refractivity (Wildman–Crippen MR) is 104 cm³/mol. The summed E-state index contributed by atoms with van der Waals surface area (Å²) < 4.78 is 17.9. The van der Waals surface area contributed by atoms with Gasteiger partial charge in [-0.25, -0.2) is 0 Å². The van der Waals surface area contributed by atoms with Crippen molar-refractivity contribution in [3.63, 3.8) is 0 Å². The Morgan fingerprint density at radius 1 is 1.15 bits per heavy atom. The third-order valence-electron chi connectivity index (χ3n) is 3.83. The van der Waals surface area contributed by atoms with E-state index >= 15 is 0 Å². The van der Waals surface area contributed by atoms with Crippen LogP contribution in [0.2, 0.25) is 0 Å². The number of methoxy groups -OCH3 is 3. The first-order valence-electron chi connectivity index (χ1n) is 7.97. The third kappa shape index (κ3) is 4.20. The Morgan fingerprint density at radius 2 is 1.89 bits per heavy atom. The fourth-order valence-corrected chi connectivity index (χ4v) is 4.29. The molecule has 1 amide bonds. The van der Waals surface area contributed by atoms with Gasteiger partial charge < -0.3 is 18.8 Å². The van der Waals surface area contributed by atoms with E-state index in [-0.39, 0.29) is 18.9 Å². The summed E-state index contributed by atoms with van der Waals surface area (Å²) >= 11 is 2.81. The number of fused-ring (bicyclic) bond motifs is 1. The van der Waals surface area contributed by atoms with Crippen LogP contribution >= 0.6 is 22.7 Å². The monoisotopic (exact) mass is 406 g/mol. The summed E-state index contributed by atoms with van der Waals surface area (Å²) in [6.45, 7) is -0.0584. The van der Waals surface area contributed by atoms with Crippen LogP contribution in [0.4, 0.5) is 0 Å². The van der Waals surface area contributed by atoms with E-state index in [4.69, 9.17) is 14.2 Å². The summed E-state index contributed by atoms with van der Waals surface area (Å²) in [5.41, 5.74) is 0.714. The SMILES string of the molecule is COC(=O)Cn1c(=NC(=O)Cc2cccs2)sc2cc(OC)c(OC)cc21. The van der Waals surface area contributed by atoms with Crippen molar-refractivity contribution in [3.05, 3.63) is 39.3 Å². The van der Waals surface area contributed by atoms with Crippen LogP contribution in [-0.4, -0.2) is 37.8 Å². The molecule has 0 aliphatic rings. The topological polar surface area (TPSA) is 79.1 Å². The average Bonchev–Trinajstić information content (AvgIpc) is 3.28. The van der Waals surface area contributed by atoms with Gasteiger partial charge in [0.05, 0.1) is 38.0 Å². The van der Waals surface area contributed by atoms with E-state index < -0.39 is 5.97 Å². The maximum Gasteiger partial charge on any atom is 0.325 e. The molecule has 0 radical (unpaired) electrons. The molecule has 0 aliphatic carbocycles. The van der Waals surface area contributed by atoms with Crippen LogP contribution in [0.5, 0.6) is 11.5 Å². The number of carbonyl (C=O) groups excluding carboxylic acids is 2. The lowest BCUT2D eigenvalue weighted by molar-refractivity contribution is -0.141. The molecule has 0 aliphatic heterocycles. The molecule has 0 saturated carbocycles. The number of hydrogen-bond acceptors (Lipinski definition) is 7. The molecule has 0 bridgehead atoms. The zero-order chi connectivity index (χ0) is 19.4. The minimum absolute atomic E-state index is 0.0584. The van der Waals surface area contributed by atoms with Gasteiger partial charge in [0.1, 0.15) is 6.54 Å². The molecule has 3 aromatic rings. The van der Waals surface area contributed by atoms with Gasteiger partial charge in [0.2, 0.25) is 0 Å². The zero-order valence-corrected chi connectivity index (χ0v) is 16.7. The van der Waals surface area contributed by atoms with E-state index in [1.54, 1.807) is 23.8 Å². The lowest BCUT2D eigenvalue weighted by Gasteiger charge is -2.09. The number of carbonyl (C=O) groups is 2. The van der Waals surface area contributed by atoms with E-state index in [2.05, 4.69) is 4.99 Å². The Balaban J connectivity index is 2.11. The first-order chi connectivity index (χ1) is 13.0. The molecule has 142 valence electrons. The Labute approximate surface area is 163 Å². The minimum Gasteiger partial charge on any atom is -0.493 e. The molecular weight excluding hydrogens is 388 g/mol. The Morgan fingerprint density at radius 3 is 2.52 bits per heavy atom. The molecule has 7 nitrogen and oxygen atoms in total. The molecule has 0 atom stereocenters. The standard InChI is InChI=1S/C18H18N2O5S2/c1-23-13-8-12-15(9-14(13)24-2)27-18(20(12)10-17(22)25-3)19-16(21)7-11-5-4-6-26-11/h4-6,8-9H,7,10H2,1-3H3. The van der Waals surface area contributed by atoms with Gasteiger partial charge in [-0.3, -0.25) is 9.59 Å². The van der Waals surface area contributed by atoms with Crippen LogP contribution in [0.15, 0.2) is 34.6 Å². The second-order valence-electron chi connectivity index (χ2n) is 5.48. The summed E-state index contributed by atoms with van der Waals surface area (Å²) in [7, 11) is 4.41. The molecule has 0 unspecified atom stereocenters. The lowest BCUT2D eigenvalue weighted by atomic mass is 10.3. The summed E-state index contributed by atoms with van der Waals surface area (Å²) in [5.74, 6) is 0.379. The maximum absolute atomic E-state index is 12.4. The number of esters is 1. The number of amides is 1. The van der Waals surface area contributed by atoms with Crippen LogP contribution < -0.4 is 14.3 Å². The number of thiazole rings is 1. The van der Waals surface area contributed by atoms with Crippen molar-refractivity contribution < 1.29 is 23.8 Å². The van der Waals surface area contributed by atoms with E-state index in [1.807, 2.05) is 17.5 Å². The van der Waals surface area contributed by atoms with Crippen molar-refractivity contribution in [2.75, 3.05) is 21.3 Å². The quantitative estimate of drug-likeness (QED) is 0.588. The van der Waals surface area contributed by atoms with Crippen molar-refractivity contribution in [2.45, 2.75) is 13.0 Å². The molecule has 2 aromatic heterocycles. The van der Waals surface area contributed by atoms with Crippen LogP contribution in [0.25, 0.3) is 10.2 Å². The number of thiophene rings is 1. The van der Waals surface area contributed by atoms with Gasteiger partial charge in [-0.2, -0.15) is 4.99 Å². The number of rotatable bonds is 6. The van der Waals surface area contributed by atoms with Gasteiger partial charge >= 0.3 is 5.97 Å². The van der Waals surface area contributed by atoms with Crippen molar-refractivity contribution in [3.8, 4) is 11.5 Å². The van der Waals surface area contributed by atoms with Crippen LogP contribution in [0.3, 0.4) is 0 Å². The van der Waals surface area contributed by atoms with Crippen molar-refractivity contribution in [1.29, 1.82) is 0 Å². The molecular formula is C18H18N2O5S2. The van der Waals surface area contributed by atoms with Crippen molar-refractivity contribution in [2.24, 2.45) is 4.99 Å². The number of benzene rings is 1. The van der Waals surface area contributed by atoms with Gasteiger partial charge in [0, 0.05) is 17.0 Å². The summed E-state index contributed by atoms with van der Waals surface area (Å²) in [6.07, 6.45) is 0.219. The van der Waals surface area contributed by atoms with Crippen molar-refractivity contribution >= 4 is 44.8 Å². The molecule has 0 spiro atoms. The molecule has 27 heavy (non-hydrogen) atoms. The minimum atomic E-state index is -0.434. The second kappa shape index (κ2) is 8.36. The molecule has 0 N–H and O–H groups in total. The molecule has 1 aromatic carbocycles. The van der Waals surface area contributed by atoms with Gasteiger partial charge in [-0.05, 0) is 11.4 Å². The highest BCUT2D eigenvalue weighted by atomic mass is 32.1. The first-order valence-corrected chi connectivity index (χ1v) is 9.67. The second-order valence-corrected chi connectivity index (χ2v) is 7.52. The Bertz CT molecular complexity index is 1030. The third-order valence-corrected chi connectivity index (χ3v) is 5.75. The number of hydrogen-bond donors (Lipinski definition) is 0. The normalized spacial score (nSPS) is 11.6. The van der Waals surface area contributed by atoms with Crippen LogP contribution in [0, 0.1) is 0 Å². The number of nitrogens with zero attached hydrogens (tertiary/aromatic N) is 2. The lowest BCUT2D eigenvalue weighted by Crippen LogP contribution is -2.22. The van der Waals surface area contributed by atoms with Gasteiger partial charge in [-0.15, -0.1) is 11.3 Å². The van der Waals surface area contributed by atoms with E-state index in [1.165, 1.54) is 36.9 Å². The highest BCUT2D eigenvalue weighted by molar-refractivity contribution is 7.16. The molecule has 0 fully saturated rings. The smallest absolute Gasteiger partial charge is 0.325 e. The predicted octanol–water partition coefficient (Wildman–Crippen LogP) is 2.62. The fourth-order valence-electron chi connectivity index (χ4n) is 2.54. The number of ether oxygens (including phenoxy) is 3. The van der Waals surface area contributed by atoms with Gasteiger partial charge in [0.25, 0.3) is 5.91 Å². The average molecular weight is 406 g/mol. The molecule has 9 heteroatoms. The summed E-state index contributed by atoms with van der Waals surface area (Å²) in [4.78, 5) is 29.8. The maximum atomic E-state index is 12.4. The van der Waals surface area contributed by atoms with E-state index in [9.17, 15) is 9.59 Å². The highest BCUT2D eigenvalue weighted by Gasteiger charge is 2.15. The Hall–Kier alpha value is -2.65. The Kier molecular flexibility index (Phi) is 5.92. The fraction of sp³-hybridized carbons (Fsp3) is 0.278. The first kappa shape index (κ1) is 19.1. The van der Waals surface area contributed by atoms with Gasteiger partial charge in [-0.1, -0.05) is 17.4 Å². The van der Waals surface area contributed by atoms with Crippen LogP contribution in [0.1, 0.15) is 4.88 Å². The van der Waals surface area contributed by atoms with Crippen molar-refractivity contribution in [1.82, 2.24) is 4.57 Å².